The van der Waals surface area contributed by atoms with Crippen molar-refractivity contribution in [3.05, 3.63) is 30.1 Å². The third kappa shape index (κ3) is 5.26. The lowest BCUT2D eigenvalue weighted by Gasteiger charge is -2.22. The fourth-order valence-corrected chi connectivity index (χ4v) is 1.45. The average molecular weight is 265 g/mol. The highest BCUT2D eigenvalue weighted by atomic mass is 16.3. The molecule has 0 aliphatic carbocycles. The van der Waals surface area contributed by atoms with Gasteiger partial charge in [-0.2, -0.15) is 5.10 Å². The molecule has 1 atom stereocenters. The molecule has 0 aliphatic rings. The summed E-state index contributed by atoms with van der Waals surface area (Å²) in [6, 6.07) is 0. The molecular formula is C14H23N3O2. The predicted octanol–water partition coefficient (Wildman–Crippen LogP) is 1.35. The molecule has 1 rings (SSSR count). The van der Waals surface area contributed by atoms with Crippen molar-refractivity contribution < 1.29 is 9.90 Å². The van der Waals surface area contributed by atoms with Crippen LogP contribution in [0.25, 0.3) is 0 Å². The zero-order chi connectivity index (χ0) is 14.7. The number of aryl methyl sites for hydroxylation is 1. The van der Waals surface area contributed by atoms with Crippen LogP contribution >= 0.6 is 0 Å². The van der Waals surface area contributed by atoms with Crippen molar-refractivity contribution >= 4 is 5.91 Å². The van der Waals surface area contributed by atoms with Crippen molar-refractivity contribution in [3.63, 3.8) is 0 Å². The molecule has 1 amide bonds. The Morgan fingerprint density at radius 1 is 1.47 bits per heavy atom. The van der Waals surface area contributed by atoms with Crippen molar-refractivity contribution in [2.75, 3.05) is 6.54 Å². The smallest absolute Gasteiger partial charge is 0.243 e. The highest BCUT2D eigenvalue weighted by molar-refractivity contribution is 5.87. The number of carbonyl (C=O) groups excluding carboxylic acids is 1. The van der Waals surface area contributed by atoms with Crippen molar-refractivity contribution in [1.29, 1.82) is 0 Å². The first-order valence-corrected chi connectivity index (χ1v) is 6.29. The number of amides is 1. The van der Waals surface area contributed by atoms with Gasteiger partial charge in [0.05, 0.1) is 12.7 Å². The van der Waals surface area contributed by atoms with Gasteiger partial charge in [-0.05, 0) is 18.4 Å². The van der Waals surface area contributed by atoms with Gasteiger partial charge < -0.3 is 10.4 Å². The fourth-order valence-electron chi connectivity index (χ4n) is 1.45. The van der Waals surface area contributed by atoms with Crippen LogP contribution in [-0.2, 0) is 17.4 Å². The molecule has 0 spiro atoms. The molecule has 0 aliphatic heterocycles. The largest absolute Gasteiger partial charge is 0.383 e. The number of carbonyl (C=O) groups is 1. The zero-order valence-corrected chi connectivity index (χ0v) is 12.3. The number of nitrogens with one attached hydrogen (secondary N) is 1. The zero-order valence-electron chi connectivity index (χ0n) is 12.3. The van der Waals surface area contributed by atoms with Crippen LogP contribution in [0.2, 0.25) is 0 Å². The second-order valence-electron chi connectivity index (χ2n) is 6.09. The van der Waals surface area contributed by atoms with Gasteiger partial charge >= 0.3 is 0 Å². The second kappa shape index (κ2) is 5.57. The molecule has 1 aromatic heterocycles. The lowest BCUT2D eigenvalue weighted by atomic mass is 9.96. The van der Waals surface area contributed by atoms with Crippen LogP contribution < -0.4 is 5.32 Å². The quantitative estimate of drug-likeness (QED) is 0.807. The van der Waals surface area contributed by atoms with E-state index in [1.165, 1.54) is 6.08 Å². The molecule has 19 heavy (non-hydrogen) atoms. The molecular weight excluding hydrogens is 242 g/mol. The summed E-state index contributed by atoms with van der Waals surface area (Å²) in [4.78, 5) is 11.6. The number of rotatable bonds is 4. The SMILES string of the molecule is Cn1cc(C(C)(O)CNC(=O)/C=C/C(C)(C)C)cn1. The van der Waals surface area contributed by atoms with Crippen LogP contribution in [0.3, 0.4) is 0 Å². The number of hydrogen-bond donors (Lipinski definition) is 2. The summed E-state index contributed by atoms with van der Waals surface area (Å²) < 4.78 is 1.62. The summed E-state index contributed by atoms with van der Waals surface area (Å²) in [5.74, 6) is -0.209. The minimum Gasteiger partial charge on any atom is -0.383 e. The third-order valence-corrected chi connectivity index (χ3v) is 2.67. The van der Waals surface area contributed by atoms with E-state index >= 15 is 0 Å². The average Bonchev–Trinajstić information content (AvgIpc) is 2.70. The molecule has 0 saturated carbocycles. The van der Waals surface area contributed by atoms with E-state index in [9.17, 15) is 9.90 Å². The minimum absolute atomic E-state index is 0.0385. The van der Waals surface area contributed by atoms with Crippen LogP contribution in [-0.4, -0.2) is 27.3 Å². The Morgan fingerprint density at radius 2 is 2.11 bits per heavy atom. The van der Waals surface area contributed by atoms with E-state index in [0.717, 1.165) is 0 Å². The highest BCUT2D eigenvalue weighted by Crippen LogP contribution is 2.18. The van der Waals surface area contributed by atoms with E-state index in [1.54, 1.807) is 31.0 Å². The van der Waals surface area contributed by atoms with E-state index in [1.807, 2.05) is 26.8 Å². The minimum atomic E-state index is -1.13. The van der Waals surface area contributed by atoms with Crippen LogP contribution in [0.15, 0.2) is 24.5 Å². The van der Waals surface area contributed by atoms with Gasteiger partial charge in [-0.15, -0.1) is 0 Å². The number of nitrogens with zero attached hydrogens (tertiary/aromatic N) is 2. The summed E-state index contributed by atoms with van der Waals surface area (Å²) in [7, 11) is 1.78. The maximum Gasteiger partial charge on any atom is 0.243 e. The Bertz CT molecular complexity index is 467. The molecule has 1 unspecified atom stereocenters. The van der Waals surface area contributed by atoms with Gasteiger partial charge in [-0.1, -0.05) is 26.8 Å². The molecule has 2 N–H and O–H groups in total. The van der Waals surface area contributed by atoms with Gasteiger partial charge in [0.2, 0.25) is 5.91 Å². The van der Waals surface area contributed by atoms with Gasteiger partial charge in [-0.25, -0.2) is 0 Å². The number of hydrogen-bond acceptors (Lipinski definition) is 3. The summed E-state index contributed by atoms with van der Waals surface area (Å²) in [5.41, 5.74) is -0.488. The lowest BCUT2D eigenvalue weighted by Crippen LogP contribution is -2.37. The maximum absolute atomic E-state index is 11.6. The molecule has 5 heteroatoms. The lowest BCUT2D eigenvalue weighted by molar-refractivity contribution is -0.117. The van der Waals surface area contributed by atoms with Gasteiger partial charge in [-0.3, -0.25) is 9.48 Å². The molecule has 5 nitrogen and oxygen atoms in total. The fraction of sp³-hybridized carbons (Fsp3) is 0.571. The summed E-state index contributed by atoms with van der Waals surface area (Å²) in [6.45, 7) is 7.84. The molecule has 106 valence electrons. The molecule has 0 fully saturated rings. The molecule has 1 aromatic rings. The molecule has 0 aromatic carbocycles. The van der Waals surface area contributed by atoms with Crippen LogP contribution in [0.4, 0.5) is 0 Å². The van der Waals surface area contributed by atoms with Crippen LogP contribution in [0, 0.1) is 5.41 Å². The van der Waals surface area contributed by atoms with Gasteiger partial charge in [0.15, 0.2) is 0 Å². The summed E-state index contributed by atoms with van der Waals surface area (Å²) in [5, 5.41) is 17.0. The third-order valence-electron chi connectivity index (χ3n) is 2.67. The monoisotopic (exact) mass is 265 g/mol. The van der Waals surface area contributed by atoms with Crippen molar-refractivity contribution in [2.24, 2.45) is 12.5 Å². The standard InChI is InChI=1S/C14H23N3O2/c1-13(2,3)7-6-12(18)15-10-14(4,19)11-8-16-17(5)9-11/h6-9,19H,10H2,1-5H3,(H,15,18)/b7-6+. The Labute approximate surface area is 114 Å². The molecule has 1 heterocycles. The second-order valence-corrected chi connectivity index (χ2v) is 6.09. The van der Waals surface area contributed by atoms with Crippen molar-refractivity contribution in [3.8, 4) is 0 Å². The normalized spacial score (nSPS) is 15.5. The van der Waals surface area contributed by atoms with E-state index in [2.05, 4.69) is 10.4 Å². The Hall–Kier alpha value is -1.62. The summed E-state index contributed by atoms with van der Waals surface area (Å²) in [6.07, 6.45) is 6.66. The van der Waals surface area contributed by atoms with Crippen LogP contribution in [0.1, 0.15) is 33.3 Å². The molecule has 0 bridgehead atoms. The first-order chi connectivity index (χ1) is 8.60. The Morgan fingerprint density at radius 3 is 2.58 bits per heavy atom. The number of allylic oxidation sites excluding steroid dienone is 1. The molecule has 0 saturated heterocycles. The first kappa shape index (κ1) is 15.4. The number of aromatic nitrogens is 2. The first-order valence-electron chi connectivity index (χ1n) is 6.29. The maximum atomic E-state index is 11.6. The number of aliphatic hydroxyl groups is 1. The van der Waals surface area contributed by atoms with Crippen LogP contribution in [0.5, 0.6) is 0 Å². The summed E-state index contributed by atoms with van der Waals surface area (Å²) >= 11 is 0. The predicted molar refractivity (Wildman–Crippen MR) is 74.4 cm³/mol. The highest BCUT2D eigenvalue weighted by Gasteiger charge is 2.25. The van der Waals surface area contributed by atoms with Gasteiger partial charge in [0.25, 0.3) is 0 Å². The Kier molecular flexibility index (Phi) is 4.52. The topological polar surface area (TPSA) is 67.2 Å². The van der Waals surface area contributed by atoms with E-state index < -0.39 is 5.60 Å². The van der Waals surface area contributed by atoms with Gasteiger partial charge in [0.1, 0.15) is 5.60 Å². The van der Waals surface area contributed by atoms with E-state index in [-0.39, 0.29) is 17.9 Å². The van der Waals surface area contributed by atoms with E-state index in [0.29, 0.717) is 5.56 Å². The molecule has 0 radical (unpaired) electrons. The van der Waals surface area contributed by atoms with E-state index in [4.69, 9.17) is 0 Å². The van der Waals surface area contributed by atoms with Crippen molar-refractivity contribution in [1.82, 2.24) is 15.1 Å². The van der Waals surface area contributed by atoms with Crippen molar-refractivity contribution in [2.45, 2.75) is 33.3 Å². The Balaban J connectivity index is 2.56. The van der Waals surface area contributed by atoms with Gasteiger partial charge in [0, 0.05) is 18.8 Å².